The van der Waals surface area contributed by atoms with Gasteiger partial charge in [0.25, 0.3) is 5.95 Å². The van der Waals surface area contributed by atoms with Crippen LogP contribution in [0.1, 0.15) is 6.42 Å². The molecule has 0 aliphatic heterocycles. The van der Waals surface area contributed by atoms with E-state index in [1.807, 2.05) is 0 Å². The van der Waals surface area contributed by atoms with Gasteiger partial charge in [-0.3, -0.25) is 0 Å². The average Bonchev–Trinajstić information content (AvgIpc) is 2.86. The van der Waals surface area contributed by atoms with Gasteiger partial charge in [-0.15, -0.1) is 0 Å². The van der Waals surface area contributed by atoms with Crippen molar-refractivity contribution >= 4 is 27.4 Å². The first-order valence-electron chi connectivity index (χ1n) is 5.77. The van der Waals surface area contributed by atoms with Gasteiger partial charge in [-0.1, -0.05) is 0 Å². The van der Waals surface area contributed by atoms with E-state index < -0.39 is 9.84 Å². The smallest absolute Gasteiger partial charge is 0.256 e. The molecule has 0 aromatic carbocycles. The Morgan fingerprint density at radius 3 is 2.80 bits per heavy atom. The lowest BCUT2D eigenvalue weighted by molar-refractivity contribution is 0.600. The molecule has 0 saturated carbocycles. The van der Waals surface area contributed by atoms with Crippen LogP contribution in [-0.4, -0.2) is 51.7 Å². The molecule has 20 heavy (non-hydrogen) atoms. The van der Waals surface area contributed by atoms with Crippen LogP contribution < -0.4 is 5.32 Å². The summed E-state index contributed by atoms with van der Waals surface area (Å²) in [6.07, 6.45) is 4.93. The van der Waals surface area contributed by atoms with E-state index in [1.54, 1.807) is 18.5 Å². The van der Waals surface area contributed by atoms with Crippen LogP contribution in [0.5, 0.6) is 0 Å². The van der Waals surface area contributed by atoms with Gasteiger partial charge in [0.1, 0.15) is 9.84 Å². The molecule has 10 heteroatoms. The molecule has 0 atom stereocenters. The maximum Gasteiger partial charge on any atom is 0.256 e. The maximum absolute atomic E-state index is 11.0. The first-order chi connectivity index (χ1) is 9.44. The van der Waals surface area contributed by atoms with Crippen LogP contribution >= 0.6 is 11.6 Å². The minimum atomic E-state index is -2.96. The van der Waals surface area contributed by atoms with Crippen molar-refractivity contribution in [3.05, 3.63) is 23.7 Å². The number of aromatic nitrogens is 5. The highest BCUT2D eigenvalue weighted by Gasteiger charge is 2.07. The van der Waals surface area contributed by atoms with Crippen LogP contribution in [0.4, 0.5) is 5.95 Å². The molecule has 0 saturated heterocycles. The van der Waals surface area contributed by atoms with Gasteiger partial charge in [0.05, 0.1) is 5.75 Å². The molecule has 108 valence electrons. The summed E-state index contributed by atoms with van der Waals surface area (Å²) in [5.74, 6) is 0.676. The number of rotatable bonds is 6. The third-order valence-electron chi connectivity index (χ3n) is 2.28. The molecule has 0 amide bonds. The second kappa shape index (κ2) is 6.14. The molecule has 2 aromatic rings. The predicted octanol–water partition coefficient (Wildman–Crippen LogP) is 0.557. The average molecular weight is 317 g/mol. The number of hydrogen-bond donors (Lipinski definition) is 1. The van der Waals surface area contributed by atoms with Gasteiger partial charge >= 0.3 is 0 Å². The number of halogens is 1. The van der Waals surface area contributed by atoms with Crippen molar-refractivity contribution in [2.24, 2.45) is 0 Å². The lowest BCUT2D eigenvalue weighted by atomic mass is 10.5. The number of nitrogens with one attached hydrogen (secondary N) is 1. The Morgan fingerprint density at radius 1 is 1.35 bits per heavy atom. The fourth-order valence-corrected chi connectivity index (χ4v) is 2.27. The molecule has 0 bridgehead atoms. The van der Waals surface area contributed by atoms with E-state index in [1.165, 1.54) is 10.9 Å². The van der Waals surface area contributed by atoms with E-state index in [0.717, 1.165) is 0 Å². The molecular weight excluding hydrogens is 304 g/mol. The minimum absolute atomic E-state index is 0.0381. The highest BCUT2D eigenvalue weighted by atomic mass is 35.5. The van der Waals surface area contributed by atoms with Gasteiger partial charge in [-0.25, -0.2) is 13.1 Å². The summed E-state index contributed by atoms with van der Waals surface area (Å²) in [6, 6.07) is 1.73. The maximum atomic E-state index is 11.0. The Morgan fingerprint density at radius 2 is 2.15 bits per heavy atom. The lowest BCUT2D eigenvalue weighted by Gasteiger charge is -2.06. The summed E-state index contributed by atoms with van der Waals surface area (Å²) in [6.45, 7) is 0.423. The highest BCUT2D eigenvalue weighted by molar-refractivity contribution is 7.90. The minimum Gasteiger partial charge on any atom is -0.354 e. The molecule has 2 aromatic heterocycles. The molecule has 0 fully saturated rings. The molecule has 1 N–H and O–H groups in total. The fraction of sp³-hybridized carbons (Fsp3) is 0.400. The van der Waals surface area contributed by atoms with E-state index in [2.05, 4.69) is 25.4 Å². The second-order valence-electron chi connectivity index (χ2n) is 4.09. The van der Waals surface area contributed by atoms with Crippen LogP contribution in [0.3, 0.4) is 0 Å². The fourth-order valence-electron chi connectivity index (χ4n) is 1.44. The molecule has 0 spiro atoms. The molecule has 0 aliphatic carbocycles. The van der Waals surface area contributed by atoms with E-state index in [4.69, 9.17) is 11.6 Å². The van der Waals surface area contributed by atoms with Crippen LogP contribution in [0, 0.1) is 0 Å². The lowest BCUT2D eigenvalue weighted by Crippen LogP contribution is -2.13. The SMILES string of the molecule is CS(=O)(=O)CCCNc1nc(Cl)nc(-n2cccn2)n1. The van der Waals surface area contributed by atoms with E-state index >= 15 is 0 Å². The highest BCUT2D eigenvalue weighted by Crippen LogP contribution is 2.08. The van der Waals surface area contributed by atoms with Gasteiger partial charge in [-0.05, 0) is 24.1 Å². The van der Waals surface area contributed by atoms with Crippen molar-refractivity contribution in [2.45, 2.75) is 6.42 Å². The van der Waals surface area contributed by atoms with Crippen LogP contribution in [0.2, 0.25) is 5.28 Å². The zero-order valence-corrected chi connectivity index (χ0v) is 12.3. The van der Waals surface area contributed by atoms with Gasteiger partial charge in [0.2, 0.25) is 11.2 Å². The molecule has 0 unspecified atom stereocenters. The molecular formula is C10H13ClN6O2S. The molecule has 0 aliphatic rings. The predicted molar refractivity (Wildman–Crippen MR) is 74.8 cm³/mol. The number of sulfone groups is 1. The van der Waals surface area contributed by atoms with Gasteiger partial charge in [0.15, 0.2) is 0 Å². The zero-order chi connectivity index (χ0) is 14.6. The van der Waals surface area contributed by atoms with Crippen molar-refractivity contribution in [2.75, 3.05) is 23.9 Å². The third-order valence-corrected chi connectivity index (χ3v) is 3.48. The van der Waals surface area contributed by atoms with Crippen LogP contribution in [0.25, 0.3) is 5.95 Å². The Hall–Kier alpha value is -1.74. The van der Waals surface area contributed by atoms with E-state index in [9.17, 15) is 8.42 Å². The van der Waals surface area contributed by atoms with Crippen molar-refractivity contribution in [3.63, 3.8) is 0 Å². The summed E-state index contributed by atoms with van der Waals surface area (Å²) < 4.78 is 23.5. The van der Waals surface area contributed by atoms with Crippen molar-refractivity contribution in [1.29, 1.82) is 0 Å². The third kappa shape index (κ3) is 4.42. The quantitative estimate of drug-likeness (QED) is 0.776. The molecule has 0 radical (unpaired) electrons. The molecule has 2 heterocycles. The van der Waals surface area contributed by atoms with Crippen molar-refractivity contribution < 1.29 is 8.42 Å². The number of hydrogen-bond acceptors (Lipinski definition) is 7. The monoisotopic (exact) mass is 316 g/mol. The van der Waals surface area contributed by atoms with Crippen LogP contribution in [-0.2, 0) is 9.84 Å². The number of nitrogens with zero attached hydrogens (tertiary/aromatic N) is 5. The normalized spacial score (nSPS) is 11.5. The van der Waals surface area contributed by atoms with Gasteiger partial charge in [-0.2, -0.15) is 20.1 Å². The standard InChI is InChI=1S/C10H13ClN6O2S/c1-20(18,19)7-3-4-12-9-14-8(11)15-10(16-9)17-6-2-5-13-17/h2,5-6H,3-4,7H2,1H3,(H,12,14,15,16). The largest absolute Gasteiger partial charge is 0.354 e. The van der Waals surface area contributed by atoms with Crippen molar-refractivity contribution in [3.8, 4) is 5.95 Å². The second-order valence-corrected chi connectivity index (χ2v) is 6.69. The zero-order valence-electron chi connectivity index (χ0n) is 10.7. The summed E-state index contributed by atoms with van der Waals surface area (Å²) in [4.78, 5) is 12.0. The Balaban J connectivity index is 2.02. The van der Waals surface area contributed by atoms with E-state index in [-0.39, 0.29) is 17.0 Å². The summed E-state index contributed by atoms with van der Waals surface area (Å²) >= 11 is 5.81. The number of anilines is 1. The summed E-state index contributed by atoms with van der Waals surface area (Å²) in [5.41, 5.74) is 0. The Bertz CT molecular complexity index is 673. The van der Waals surface area contributed by atoms with Gasteiger partial charge in [0, 0.05) is 25.2 Å². The summed E-state index contributed by atoms with van der Waals surface area (Å²) in [5, 5.41) is 6.94. The summed E-state index contributed by atoms with van der Waals surface area (Å²) in [7, 11) is -2.96. The first-order valence-corrected chi connectivity index (χ1v) is 8.21. The molecule has 2 rings (SSSR count). The van der Waals surface area contributed by atoms with Crippen molar-refractivity contribution in [1.82, 2.24) is 24.7 Å². The van der Waals surface area contributed by atoms with E-state index in [0.29, 0.717) is 18.9 Å². The topological polar surface area (TPSA) is 103 Å². The van der Waals surface area contributed by atoms with Gasteiger partial charge < -0.3 is 5.32 Å². The first kappa shape index (κ1) is 14.7. The Labute approximate surface area is 121 Å². The Kier molecular flexibility index (Phi) is 4.50. The molecule has 8 nitrogen and oxygen atoms in total. The van der Waals surface area contributed by atoms with Crippen LogP contribution in [0.15, 0.2) is 18.5 Å².